The van der Waals surface area contributed by atoms with Gasteiger partial charge >= 0.3 is 0 Å². The van der Waals surface area contributed by atoms with Crippen LogP contribution in [0.5, 0.6) is 0 Å². The molecule has 1 aliphatic heterocycles. The highest BCUT2D eigenvalue weighted by Gasteiger charge is 2.31. The molecule has 0 N–H and O–H groups in total. The zero-order valence-corrected chi connectivity index (χ0v) is 12.4. The van der Waals surface area contributed by atoms with E-state index in [4.69, 9.17) is 0 Å². The summed E-state index contributed by atoms with van der Waals surface area (Å²) in [6.45, 7) is 2.65. The molecule has 1 saturated heterocycles. The molecule has 1 fully saturated rings. The molecule has 1 aliphatic rings. The molecule has 0 aromatic heterocycles. The average Bonchev–Trinajstić information content (AvgIpc) is 2.85. The number of rotatable bonds is 3. The Morgan fingerprint density at radius 2 is 1.90 bits per heavy atom. The SMILES string of the molecule is CC1CCCN1S(=O)(=O)Cc1ccc2ccccc2c1. The summed E-state index contributed by atoms with van der Waals surface area (Å²) in [7, 11) is -3.20. The van der Waals surface area contributed by atoms with Crippen molar-refractivity contribution in [1.82, 2.24) is 4.31 Å². The molecule has 0 spiro atoms. The summed E-state index contributed by atoms with van der Waals surface area (Å²) in [6, 6.07) is 14.1. The second-order valence-electron chi connectivity index (χ2n) is 5.54. The number of hydrogen-bond acceptors (Lipinski definition) is 2. The molecule has 2 aromatic carbocycles. The van der Waals surface area contributed by atoms with Crippen LogP contribution in [0.2, 0.25) is 0 Å². The number of nitrogens with zero attached hydrogens (tertiary/aromatic N) is 1. The van der Waals surface area contributed by atoms with Gasteiger partial charge in [-0.25, -0.2) is 8.42 Å². The summed E-state index contributed by atoms with van der Waals surface area (Å²) >= 11 is 0. The van der Waals surface area contributed by atoms with Crippen LogP contribution in [0, 0.1) is 0 Å². The average molecular weight is 289 g/mol. The number of sulfonamides is 1. The molecular weight excluding hydrogens is 270 g/mol. The Labute approximate surface area is 120 Å². The molecule has 1 atom stereocenters. The zero-order chi connectivity index (χ0) is 14.2. The molecule has 106 valence electrons. The molecular formula is C16H19NO2S. The van der Waals surface area contributed by atoms with Crippen molar-refractivity contribution in [2.75, 3.05) is 6.54 Å². The Kier molecular flexibility index (Phi) is 3.52. The third kappa shape index (κ3) is 2.58. The molecule has 20 heavy (non-hydrogen) atoms. The van der Waals surface area contributed by atoms with Gasteiger partial charge in [-0.05, 0) is 36.1 Å². The van der Waals surface area contributed by atoms with Gasteiger partial charge in [0.2, 0.25) is 10.0 Å². The first kappa shape index (κ1) is 13.6. The maximum Gasteiger partial charge on any atom is 0.218 e. The fourth-order valence-electron chi connectivity index (χ4n) is 2.94. The smallest absolute Gasteiger partial charge is 0.212 e. The minimum absolute atomic E-state index is 0.0994. The molecule has 0 bridgehead atoms. The van der Waals surface area contributed by atoms with Gasteiger partial charge in [0.25, 0.3) is 0 Å². The van der Waals surface area contributed by atoms with E-state index in [1.54, 1.807) is 4.31 Å². The lowest BCUT2D eigenvalue weighted by Crippen LogP contribution is -2.34. The molecule has 1 heterocycles. The Balaban J connectivity index is 1.88. The molecule has 0 saturated carbocycles. The van der Waals surface area contributed by atoms with Gasteiger partial charge in [0.05, 0.1) is 5.75 Å². The van der Waals surface area contributed by atoms with Gasteiger partial charge in [-0.3, -0.25) is 0 Å². The molecule has 4 heteroatoms. The van der Waals surface area contributed by atoms with Gasteiger partial charge < -0.3 is 0 Å². The van der Waals surface area contributed by atoms with E-state index in [2.05, 4.69) is 0 Å². The molecule has 0 amide bonds. The maximum atomic E-state index is 12.5. The van der Waals surface area contributed by atoms with E-state index in [1.165, 1.54) is 0 Å². The molecule has 0 aliphatic carbocycles. The Morgan fingerprint density at radius 1 is 1.15 bits per heavy atom. The standard InChI is InChI=1S/C16H19NO2S/c1-13-5-4-10-17(13)20(18,19)12-14-8-9-15-6-2-3-7-16(15)11-14/h2-3,6-9,11,13H,4-5,10,12H2,1H3. The molecule has 3 nitrogen and oxygen atoms in total. The summed E-state index contributed by atoms with van der Waals surface area (Å²) in [5, 5.41) is 2.23. The van der Waals surface area contributed by atoms with E-state index in [9.17, 15) is 8.42 Å². The zero-order valence-electron chi connectivity index (χ0n) is 11.6. The minimum atomic E-state index is -3.20. The van der Waals surface area contributed by atoms with Crippen molar-refractivity contribution < 1.29 is 8.42 Å². The highest BCUT2D eigenvalue weighted by molar-refractivity contribution is 7.88. The predicted molar refractivity (Wildman–Crippen MR) is 82.0 cm³/mol. The lowest BCUT2D eigenvalue weighted by molar-refractivity contribution is 0.407. The van der Waals surface area contributed by atoms with Gasteiger partial charge in [0.1, 0.15) is 0 Å². The number of benzene rings is 2. The van der Waals surface area contributed by atoms with Crippen molar-refractivity contribution in [3.05, 3.63) is 48.0 Å². The van der Waals surface area contributed by atoms with Crippen molar-refractivity contribution >= 4 is 20.8 Å². The highest BCUT2D eigenvalue weighted by Crippen LogP contribution is 2.24. The third-order valence-corrected chi connectivity index (χ3v) is 5.97. The van der Waals surface area contributed by atoms with Crippen LogP contribution in [0.4, 0.5) is 0 Å². The largest absolute Gasteiger partial charge is 0.218 e. The quantitative estimate of drug-likeness (QED) is 0.870. The van der Waals surface area contributed by atoms with E-state index in [0.717, 1.165) is 29.2 Å². The van der Waals surface area contributed by atoms with Crippen molar-refractivity contribution in [3.63, 3.8) is 0 Å². The Morgan fingerprint density at radius 3 is 2.60 bits per heavy atom. The van der Waals surface area contributed by atoms with Gasteiger partial charge in [-0.1, -0.05) is 42.5 Å². The van der Waals surface area contributed by atoms with Crippen LogP contribution >= 0.6 is 0 Å². The normalized spacial score (nSPS) is 20.6. The second kappa shape index (κ2) is 5.19. The van der Waals surface area contributed by atoms with E-state index in [-0.39, 0.29) is 11.8 Å². The lowest BCUT2D eigenvalue weighted by atomic mass is 10.1. The highest BCUT2D eigenvalue weighted by atomic mass is 32.2. The fourth-order valence-corrected chi connectivity index (χ4v) is 4.77. The second-order valence-corrected chi connectivity index (χ2v) is 7.46. The Hall–Kier alpha value is -1.39. The molecule has 1 unspecified atom stereocenters. The van der Waals surface area contributed by atoms with Gasteiger partial charge in [-0.15, -0.1) is 0 Å². The summed E-state index contributed by atoms with van der Waals surface area (Å²) in [4.78, 5) is 0. The van der Waals surface area contributed by atoms with Gasteiger partial charge in [-0.2, -0.15) is 4.31 Å². The maximum absolute atomic E-state index is 12.5. The van der Waals surface area contributed by atoms with Crippen LogP contribution in [0.1, 0.15) is 25.3 Å². The predicted octanol–water partition coefficient (Wildman–Crippen LogP) is 3.15. The summed E-state index contributed by atoms with van der Waals surface area (Å²) in [6.07, 6.45) is 1.94. The van der Waals surface area contributed by atoms with Crippen molar-refractivity contribution in [2.24, 2.45) is 0 Å². The van der Waals surface area contributed by atoms with E-state index in [1.807, 2.05) is 49.4 Å². The minimum Gasteiger partial charge on any atom is -0.212 e. The van der Waals surface area contributed by atoms with E-state index >= 15 is 0 Å². The van der Waals surface area contributed by atoms with E-state index in [0.29, 0.717) is 6.54 Å². The lowest BCUT2D eigenvalue weighted by Gasteiger charge is -2.21. The first-order valence-electron chi connectivity index (χ1n) is 7.03. The topological polar surface area (TPSA) is 37.4 Å². The summed E-state index contributed by atoms with van der Waals surface area (Å²) in [5.41, 5.74) is 0.864. The molecule has 0 radical (unpaired) electrons. The summed E-state index contributed by atoms with van der Waals surface area (Å²) in [5.74, 6) is 0.0994. The van der Waals surface area contributed by atoms with Gasteiger partial charge in [0, 0.05) is 12.6 Å². The van der Waals surface area contributed by atoms with Gasteiger partial charge in [0.15, 0.2) is 0 Å². The van der Waals surface area contributed by atoms with Crippen molar-refractivity contribution in [3.8, 4) is 0 Å². The van der Waals surface area contributed by atoms with Crippen LogP contribution in [-0.2, 0) is 15.8 Å². The van der Waals surface area contributed by atoms with Crippen LogP contribution in [0.15, 0.2) is 42.5 Å². The monoisotopic (exact) mass is 289 g/mol. The number of hydrogen-bond donors (Lipinski definition) is 0. The number of fused-ring (bicyclic) bond motifs is 1. The first-order chi connectivity index (χ1) is 9.56. The van der Waals surface area contributed by atoms with Crippen LogP contribution in [0.3, 0.4) is 0 Å². The Bertz CT molecular complexity index is 724. The third-order valence-electron chi connectivity index (χ3n) is 4.01. The van der Waals surface area contributed by atoms with Crippen molar-refractivity contribution in [1.29, 1.82) is 0 Å². The summed E-state index contributed by atoms with van der Waals surface area (Å²) < 4.78 is 26.6. The van der Waals surface area contributed by atoms with Crippen molar-refractivity contribution in [2.45, 2.75) is 31.6 Å². The van der Waals surface area contributed by atoms with Crippen LogP contribution < -0.4 is 0 Å². The fraction of sp³-hybridized carbons (Fsp3) is 0.375. The molecule has 2 aromatic rings. The first-order valence-corrected chi connectivity index (χ1v) is 8.64. The van der Waals surface area contributed by atoms with Crippen LogP contribution in [-0.4, -0.2) is 25.3 Å². The van der Waals surface area contributed by atoms with Crippen LogP contribution in [0.25, 0.3) is 10.8 Å². The molecule has 3 rings (SSSR count). The van der Waals surface area contributed by atoms with E-state index < -0.39 is 10.0 Å².